The maximum absolute atomic E-state index is 11.3. The van der Waals surface area contributed by atoms with E-state index < -0.39 is 10.3 Å². The quantitative estimate of drug-likeness (QED) is 0.879. The van der Waals surface area contributed by atoms with Crippen molar-refractivity contribution in [1.82, 2.24) is 4.31 Å². The molecule has 2 unspecified atom stereocenters. The van der Waals surface area contributed by atoms with Crippen molar-refractivity contribution in [3.8, 4) is 0 Å². The van der Waals surface area contributed by atoms with Crippen LogP contribution in [0.2, 0.25) is 0 Å². The molecule has 0 saturated carbocycles. The van der Waals surface area contributed by atoms with Crippen molar-refractivity contribution in [3.63, 3.8) is 0 Å². The number of hydrogen-bond acceptors (Lipinski definition) is 2. The van der Waals surface area contributed by atoms with Gasteiger partial charge in [0.25, 0.3) is 0 Å². The van der Waals surface area contributed by atoms with Gasteiger partial charge in [-0.25, -0.2) is 0 Å². The molecule has 1 aliphatic rings. The Bertz CT molecular complexity index is 758. The summed E-state index contributed by atoms with van der Waals surface area (Å²) >= 11 is 0. The van der Waals surface area contributed by atoms with Gasteiger partial charge in [0.05, 0.1) is 6.04 Å². The molecule has 1 N–H and O–H groups in total. The molecule has 0 radical (unpaired) electrons. The van der Waals surface area contributed by atoms with Gasteiger partial charge < -0.3 is 0 Å². The second-order valence-corrected chi connectivity index (χ2v) is 7.06. The van der Waals surface area contributed by atoms with E-state index in [0.29, 0.717) is 6.54 Å². The normalized spacial score (nSPS) is 20.4. The van der Waals surface area contributed by atoms with Crippen LogP contribution < -0.4 is 0 Å². The lowest BCUT2D eigenvalue weighted by Gasteiger charge is -2.38. The second-order valence-electron chi connectivity index (χ2n) is 5.70. The molecule has 2 atom stereocenters. The minimum atomic E-state index is -4.12. The van der Waals surface area contributed by atoms with Crippen molar-refractivity contribution in [1.29, 1.82) is 0 Å². The molecule has 0 amide bonds. The molecule has 2 aromatic rings. The highest BCUT2D eigenvalue weighted by molar-refractivity contribution is 7.83. The molecule has 1 saturated heterocycles. The summed E-state index contributed by atoms with van der Waals surface area (Å²) in [6.45, 7) is 2.51. The summed E-state index contributed by atoms with van der Waals surface area (Å²) in [4.78, 5) is 0. The molecule has 1 heterocycles. The Morgan fingerprint density at radius 2 is 1.77 bits per heavy atom. The highest BCUT2D eigenvalue weighted by atomic mass is 32.2. The fourth-order valence-electron chi connectivity index (χ4n) is 2.94. The van der Waals surface area contributed by atoms with E-state index >= 15 is 0 Å². The molecule has 2 aromatic carbocycles. The summed E-state index contributed by atoms with van der Waals surface area (Å²) in [5, 5.41) is 0. The van der Waals surface area contributed by atoms with Crippen LogP contribution in [0.1, 0.15) is 42.0 Å². The topological polar surface area (TPSA) is 57.6 Å². The zero-order valence-electron chi connectivity index (χ0n) is 12.4. The molecular weight excluding hydrogens is 298 g/mol. The van der Waals surface area contributed by atoms with Gasteiger partial charge in [-0.15, -0.1) is 0 Å². The van der Waals surface area contributed by atoms with Crippen molar-refractivity contribution < 1.29 is 13.0 Å². The van der Waals surface area contributed by atoms with Gasteiger partial charge in [0.15, 0.2) is 0 Å². The molecule has 0 spiro atoms. The smallest absolute Gasteiger partial charge is 0.273 e. The van der Waals surface area contributed by atoms with Gasteiger partial charge in [0, 0.05) is 12.5 Å². The maximum Gasteiger partial charge on any atom is 0.336 e. The van der Waals surface area contributed by atoms with Crippen LogP contribution in [0.3, 0.4) is 0 Å². The standard InChI is InChI=1S/C17H19NO3S/c1-13(14-6-3-2-4-7-14)15-8-5-9-16(12-15)17-10-11-18(17)22(19,20)21/h2-9,12-13,17H,10-11H2,1H3,(H,19,20,21). The van der Waals surface area contributed by atoms with E-state index in [-0.39, 0.29) is 12.0 Å². The first kappa shape index (κ1) is 15.2. The molecule has 0 aromatic heterocycles. The monoisotopic (exact) mass is 317 g/mol. The van der Waals surface area contributed by atoms with Crippen LogP contribution in [0.15, 0.2) is 54.6 Å². The number of hydrogen-bond donors (Lipinski definition) is 1. The van der Waals surface area contributed by atoms with E-state index in [2.05, 4.69) is 25.1 Å². The molecule has 1 aliphatic heterocycles. The summed E-state index contributed by atoms with van der Waals surface area (Å²) in [6.07, 6.45) is 0.739. The van der Waals surface area contributed by atoms with Crippen LogP contribution in [0.4, 0.5) is 0 Å². The predicted octanol–water partition coefficient (Wildman–Crippen LogP) is 3.39. The second kappa shape index (κ2) is 5.83. The van der Waals surface area contributed by atoms with Crippen LogP contribution in [0.5, 0.6) is 0 Å². The average Bonchev–Trinajstić information content (AvgIpc) is 2.45. The van der Waals surface area contributed by atoms with Crippen molar-refractivity contribution in [3.05, 3.63) is 71.3 Å². The summed E-state index contributed by atoms with van der Waals surface area (Å²) in [5.74, 6) is 0.236. The van der Waals surface area contributed by atoms with E-state index in [1.165, 1.54) is 5.56 Å². The first-order valence-corrected chi connectivity index (χ1v) is 8.75. The molecule has 116 valence electrons. The summed E-state index contributed by atoms with van der Waals surface area (Å²) in [6, 6.07) is 17.9. The predicted molar refractivity (Wildman–Crippen MR) is 86.0 cm³/mol. The highest BCUT2D eigenvalue weighted by Crippen LogP contribution is 2.36. The number of benzene rings is 2. The van der Waals surface area contributed by atoms with Gasteiger partial charge in [-0.1, -0.05) is 61.5 Å². The Kier molecular flexibility index (Phi) is 4.04. The summed E-state index contributed by atoms with van der Waals surface area (Å²) in [5.41, 5.74) is 3.30. The van der Waals surface area contributed by atoms with E-state index in [9.17, 15) is 13.0 Å². The fourth-order valence-corrected chi connectivity index (χ4v) is 3.83. The van der Waals surface area contributed by atoms with Gasteiger partial charge in [-0.2, -0.15) is 12.7 Å². The van der Waals surface area contributed by atoms with Crippen molar-refractivity contribution in [2.24, 2.45) is 0 Å². The molecule has 22 heavy (non-hydrogen) atoms. The number of nitrogens with zero attached hydrogens (tertiary/aromatic N) is 1. The van der Waals surface area contributed by atoms with Gasteiger partial charge in [0.1, 0.15) is 0 Å². The van der Waals surface area contributed by atoms with E-state index in [4.69, 9.17) is 0 Å². The van der Waals surface area contributed by atoms with Crippen LogP contribution >= 0.6 is 0 Å². The largest absolute Gasteiger partial charge is 0.336 e. The van der Waals surface area contributed by atoms with E-state index in [1.54, 1.807) is 0 Å². The fraction of sp³-hybridized carbons (Fsp3) is 0.294. The van der Waals surface area contributed by atoms with Crippen molar-refractivity contribution in [2.75, 3.05) is 6.54 Å². The molecule has 0 aliphatic carbocycles. The Labute approximate surface area is 131 Å². The van der Waals surface area contributed by atoms with Gasteiger partial charge in [0.2, 0.25) is 0 Å². The van der Waals surface area contributed by atoms with E-state index in [0.717, 1.165) is 21.9 Å². The van der Waals surface area contributed by atoms with Gasteiger partial charge in [-0.3, -0.25) is 4.55 Å². The maximum atomic E-state index is 11.3. The highest BCUT2D eigenvalue weighted by Gasteiger charge is 2.37. The molecule has 1 fully saturated rings. The lowest BCUT2D eigenvalue weighted by Crippen LogP contribution is -2.44. The minimum Gasteiger partial charge on any atom is -0.273 e. The molecule has 3 rings (SSSR count). The Balaban J connectivity index is 1.88. The first-order valence-electron chi connectivity index (χ1n) is 7.36. The lowest BCUT2D eigenvalue weighted by molar-refractivity contribution is 0.182. The minimum absolute atomic E-state index is 0.236. The molecule has 5 heteroatoms. The lowest BCUT2D eigenvalue weighted by atomic mass is 9.89. The van der Waals surface area contributed by atoms with Gasteiger partial charge in [-0.05, 0) is 23.1 Å². The zero-order valence-corrected chi connectivity index (χ0v) is 13.2. The first-order chi connectivity index (χ1) is 10.5. The zero-order chi connectivity index (χ0) is 15.7. The Morgan fingerprint density at radius 1 is 1.09 bits per heavy atom. The van der Waals surface area contributed by atoms with Crippen LogP contribution in [-0.4, -0.2) is 23.8 Å². The van der Waals surface area contributed by atoms with Crippen molar-refractivity contribution in [2.45, 2.75) is 25.3 Å². The summed E-state index contributed by atoms with van der Waals surface area (Å²) < 4.78 is 33.0. The molecular formula is C17H19NO3S. The third kappa shape index (κ3) is 2.92. The summed E-state index contributed by atoms with van der Waals surface area (Å²) in [7, 11) is -4.12. The number of rotatable bonds is 4. The Hall–Kier alpha value is -1.69. The van der Waals surface area contributed by atoms with Crippen LogP contribution in [0, 0.1) is 0 Å². The third-order valence-electron chi connectivity index (χ3n) is 4.36. The van der Waals surface area contributed by atoms with E-state index in [1.807, 2.05) is 36.4 Å². The van der Waals surface area contributed by atoms with Crippen LogP contribution in [-0.2, 0) is 10.3 Å². The molecule has 4 nitrogen and oxygen atoms in total. The third-order valence-corrected chi connectivity index (χ3v) is 5.39. The average molecular weight is 317 g/mol. The Morgan fingerprint density at radius 3 is 2.36 bits per heavy atom. The SMILES string of the molecule is CC(c1ccccc1)c1cccc(C2CCN2S(=O)(=O)O)c1. The van der Waals surface area contributed by atoms with Crippen molar-refractivity contribution >= 4 is 10.3 Å². The van der Waals surface area contributed by atoms with Gasteiger partial charge >= 0.3 is 10.3 Å². The van der Waals surface area contributed by atoms with Crippen LogP contribution in [0.25, 0.3) is 0 Å². The molecule has 0 bridgehead atoms.